The van der Waals surface area contributed by atoms with Crippen molar-refractivity contribution in [3.05, 3.63) is 24.3 Å². The number of ether oxygens (including phenoxy) is 1. The fraction of sp³-hybridized carbons (Fsp3) is 0.900. The van der Waals surface area contributed by atoms with Gasteiger partial charge in [-0.2, -0.15) is 0 Å². The van der Waals surface area contributed by atoms with E-state index in [1.165, 1.54) is 205 Å². The highest BCUT2D eigenvalue weighted by atomic mass is 16.5. The van der Waals surface area contributed by atoms with Crippen LogP contribution in [0.25, 0.3) is 0 Å². The van der Waals surface area contributed by atoms with E-state index in [2.05, 4.69) is 43.5 Å². The average molecular weight is 931 g/mol. The van der Waals surface area contributed by atoms with E-state index in [1.54, 1.807) is 0 Å². The number of unbranched alkanes of at least 4 members (excludes halogenated alkanes) is 40. The molecule has 0 radical (unpaired) electrons. The molecule has 2 atom stereocenters. The van der Waals surface area contributed by atoms with E-state index in [0.717, 1.165) is 83.5 Å². The van der Waals surface area contributed by atoms with Crippen LogP contribution in [0.2, 0.25) is 0 Å². The van der Waals surface area contributed by atoms with E-state index in [4.69, 9.17) is 4.74 Å². The van der Waals surface area contributed by atoms with E-state index in [0.29, 0.717) is 25.9 Å². The summed E-state index contributed by atoms with van der Waals surface area (Å²) in [6, 6.07) is -0.563. The summed E-state index contributed by atoms with van der Waals surface area (Å²) in [5, 5.41) is 23.3. The average Bonchev–Trinajstić information content (AvgIpc) is 3.32. The molecule has 6 heteroatoms. The van der Waals surface area contributed by atoms with Gasteiger partial charge in [-0.15, -0.1) is 0 Å². The normalized spacial score (nSPS) is 12.7. The van der Waals surface area contributed by atoms with Crippen molar-refractivity contribution in [3.8, 4) is 0 Å². The Hall–Kier alpha value is -1.66. The Bertz CT molecular complexity index is 1030. The molecule has 0 aromatic rings. The Balaban J connectivity index is 3.49. The van der Waals surface area contributed by atoms with Crippen LogP contribution < -0.4 is 5.32 Å². The fourth-order valence-corrected chi connectivity index (χ4v) is 9.16. The second-order valence-corrected chi connectivity index (χ2v) is 20.3. The van der Waals surface area contributed by atoms with Crippen LogP contribution in [-0.4, -0.2) is 47.4 Å². The molecule has 66 heavy (non-hydrogen) atoms. The van der Waals surface area contributed by atoms with E-state index in [9.17, 15) is 19.8 Å². The standard InChI is InChI=1S/C60H115NO5/c1-3-5-7-9-11-13-15-17-19-21-23-25-27-29-32-36-40-44-48-52-58(63)57(56-62)61-59(64)53-49-45-41-37-33-31-35-39-43-47-51-55-66-60(65)54-50-46-42-38-34-30-28-26-24-22-20-18-16-14-12-10-8-6-4-2/h18,20,35,39,57-58,62-63H,3-17,19,21-34,36-38,40-56H2,1-2H3,(H,61,64)/b20-18-,39-35-. The molecule has 0 saturated heterocycles. The second-order valence-electron chi connectivity index (χ2n) is 20.3. The van der Waals surface area contributed by atoms with Crippen molar-refractivity contribution in [2.45, 2.75) is 334 Å². The molecule has 0 aliphatic heterocycles. The summed E-state index contributed by atoms with van der Waals surface area (Å²) in [6.45, 7) is 4.89. The van der Waals surface area contributed by atoms with Crippen molar-refractivity contribution in [2.75, 3.05) is 13.2 Å². The van der Waals surface area contributed by atoms with Crippen molar-refractivity contribution < 1.29 is 24.5 Å². The quantitative estimate of drug-likeness (QED) is 0.0321. The number of hydrogen-bond donors (Lipinski definition) is 3. The van der Waals surface area contributed by atoms with Crippen LogP contribution in [-0.2, 0) is 14.3 Å². The highest BCUT2D eigenvalue weighted by molar-refractivity contribution is 5.76. The van der Waals surface area contributed by atoms with Gasteiger partial charge >= 0.3 is 5.97 Å². The summed E-state index contributed by atoms with van der Waals surface area (Å²) in [6.07, 6.45) is 67.4. The van der Waals surface area contributed by atoms with Gasteiger partial charge in [0.1, 0.15) is 0 Å². The molecule has 0 spiro atoms. The third-order valence-electron chi connectivity index (χ3n) is 13.7. The molecule has 0 saturated carbocycles. The lowest BCUT2D eigenvalue weighted by Gasteiger charge is -2.22. The zero-order valence-corrected chi connectivity index (χ0v) is 44.4. The molecule has 3 N–H and O–H groups in total. The summed E-state index contributed by atoms with van der Waals surface area (Å²) >= 11 is 0. The molecule has 390 valence electrons. The third-order valence-corrected chi connectivity index (χ3v) is 13.7. The number of esters is 1. The van der Waals surface area contributed by atoms with Crippen molar-refractivity contribution in [1.29, 1.82) is 0 Å². The number of allylic oxidation sites excluding steroid dienone is 4. The first kappa shape index (κ1) is 64.3. The lowest BCUT2D eigenvalue weighted by Crippen LogP contribution is -2.45. The molecule has 0 fully saturated rings. The zero-order chi connectivity index (χ0) is 47.9. The van der Waals surface area contributed by atoms with Gasteiger partial charge in [-0.05, 0) is 77.0 Å². The van der Waals surface area contributed by atoms with Gasteiger partial charge in [-0.3, -0.25) is 9.59 Å². The maximum Gasteiger partial charge on any atom is 0.305 e. The number of aliphatic hydroxyl groups excluding tert-OH is 2. The Kier molecular flexibility index (Phi) is 54.5. The molecule has 0 heterocycles. The van der Waals surface area contributed by atoms with Crippen LogP contribution in [0.15, 0.2) is 24.3 Å². The predicted octanol–water partition coefficient (Wildman–Crippen LogP) is 18.2. The molecule has 0 aromatic carbocycles. The zero-order valence-electron chi connectivity index (χ0n) is 44.4. The first-order valence-electron chi connectivity index (χ1n) is 29.6. The molecule has 2 unspecified atom stereocenters. The van der Waals surface area contributed by atoms with E-state index < -0.39 is 12.1 Å². The van der Waals surface area contributed by atoms with Gasteiger partial charge in [0.15, 0.2) is 0 Å². The molecular weight excluding hydrogens is 815 g/mol. The van der Waals surface area contributed by atoms with Crippen molar-refractivity contribution >= 4 is 11.9 Å². The number of carbonyl (C=O) groups excluding carboxylic acids is 2. The lowest BCUT2D eigenvalue weighted by atomic mass is 10.0. The van der Waals surface area contributed by atoms with Gasteiger partial charge in [0.2, 0.25) is 5.91 Å². The SMILES string of the molecule is CCCCCCCC/C=C\CCCCCCCCCCCC(=O)OCCCC/C=C\CCCCCCCC(=O)NC(CO)C(O)CCCCCCCCCCCCCCCCCCCCC. The topological polar surface area (TPSA) is 95.9 Å². The van der Waals surface area contributed by atoms with Gasteiger partial charge in [-0.25, -0.2) is 0 Å². The van der Waals surface area contributed by atoms with Crippen molar-refractivity contribution in [1.82, 2.24) is 5.32 Å². The maximum absolute atomic E-state index is 12.5. The van der Waals surface area contributed by atoms with E-state index >= 15 is 0 Å². The Morgan fingerprint density at radius 3 is 1.08 bits per heavy atom. The molecule has 0 aliphatic carbocycles. The maximum atomic E-state index is 12.5. The first-order chi connectivity index (χ1) is 32.5. The lowest BCUT2D eigenvalue weighted by molar-refractivity contribution is -0.143. The molecule has 0 rings (SSSR count). The largest absolute Gasteiger partial charge is 0.466 e. The first-order valence-corrected chi connectivity index (χ1v) is 29.6. The summed E-state index contributed by atoms with van der Waals surface area (Å²) in [5.41, 5.74) is 0. The van der Waals surface area contributed by atoms with Gasteiger partial charge in [0.05, 0.1) is 25.4 Å². The van der Waals surface area contributed by atoms with Crippen molar-refractivity contribution in [3.63, 3.8) is 0 Å². The summed E-state index contributed by atoms with van der Waals surface area (Å²) in [7, 11) is 0. The van der Waals surface area contributed by atoms with Crippen LogP contribution >= 0.6 is 0 Å². The van der Waals surface area contributed by atoms with Crippen LogP contribution in [0, 0.1) is 0 Å². The number of nitrogens with one attached hydrogen (secondary N) is 1. The van der Waals surface area contributed by atoms with E-state index in [1.807, 2.05) is 0 Å². The molecule has 0 bridgehead atoms. The van der Waals surface area contributed by atoms with E-state index in [-0.39, 0.29) is 18.5 Å². The fourth-order valence-electron chi connectivity index (χ4n) is 9.16. The summed E-state index contributed by atoms with van der Waals surface area (Å²) in [4.78, 5) is 24.6. The number of rotatable bonds is 55. The molecular formula is C60H115NO5. The minimum Gasteiger partial charge on any atom is -0.466 e. The van der Waals surface area contributed by atoms with Gasteiger partial charge < -0.3 is 20.3 Å². The molecule has 1 amide bonds. The number of carbonyl (C=O) groups is 2. The Morgan fingerprint density at radius 1 is 0.409 bits per heavy atom. The van der Waals surface area contributed by atoms with Crippen LogP contribution in [0.5, 0.6) is 0 Å². The smallest absolute Gasteiger partial charge is 0.305 e. The number of amides is 1. The Morgan fingerprint density at radius 2 is 0.712 bits per heavy atom. The summed E-state index contributed by atoms with van der Waals surface area (Å²) in [5.74, 6) is -0.0924. The summed E-state index contributed by atoms with van der Waals surface area (Å²) < 4.78 is 5.46. The monoisotopic (exact) mass is 930 g/mol. The van der Waals surface area contributed by atoms with Crippen LogP contribution in [0.3, 0.4) is 0 Å². The highest BCUT2D eigenvalue weighted by Gasteiger charge is 2.20. The number of aliphatic hydroxyl groups is 2. The van der Waals surface area contributed by atoms with Gasteiger partial charge in [-0.1, -0.05) is 256 Å². The Labute approximate surface area is 411 Å². The highest BCUT2D eigenvalue weighted by Crippen LogP contribution is 2.17. The van der Waals surface area contributed by atoms with Crippen LogP contribution in [0.1, 0.15) is 322 Å². The van der Waals surface area contributed by atoms with Gasteiger partial charge in [0, 0.05) is 12.8 Å². The molecule has 0 aromatic heterocycles. The van der Waals surface area contributed by atoms with Crippen molar-refractivity contribution in [2.24, 2.45) is 0 Å². The third kappa shape index (κ3) is 51.7. The second kappa shape index (κ2) is 55.9. The minimum atomic E-state index is -0.683. The predicted molar refractivity (Wildman–Crippen MR) is 287 cm³/mol. The number of hydrogen-bond acceptors (Lipinski definition) is 5. The van der Waals surface area contributed by atoms with Crippen LogP contribution in [0.4, 0.5) is 0 Å². The minimum absolute atomic E-state index is 0.0309. The molecule has 0 aliphatic rings. The molecule has 6 nitrogen and oxygen atoms in total. The van der Waals surface area contributed by atoms with Gasteiger partial charge in [0.25, 0.3) is 0 Å².